The third kappa shape index (κ3) is 3.73. The fourth-order valence-corrected chi connectivity index (χ4v) is 1.06. The zero-order valence-corrected chi connectivity index (χ0v) is 9.49. The van der Waals surface area contributed by atoms with Crippen molar-refractivity contribution in [1.29, 1.82) is 0 Å². The second kappa shape index (κ2) is 5.91. The molecule has 0 unspecified atom stereocenters. The lowest BCUT2D eigenvalue weighted by Gasteiger charge is -1.97. The lowest BCUT2D eigenvalue weighted by Crippen LogP contribution is -2.23. The van der Waals surface area contributed by atoms with Gasteiger partial charge in [0, 0.05) is 18.8 Å². The largest absolute Gasteiger partial charge is 0.345 e. The van der Waals surface area contributed by atoms with E-state index < -0.39 is 0 Å². The highest BCUT2D eigenvalue weighted by atomic mass is 16.5. The van der Waals surface area contributed by atoms with Gasteiger partial charge in [-0.2, -0.15) is 4.98 Å². The summed E-state index contributed by atoms with van der Waals surface area (Å²) in [5.41, 5.74) is 0. The highest BCUT2D eigenvalue weighted by molar-refractivity contribution is 5.76. The number of hydrogen-bond donors (Lipinski definition) is 1. The molecule has 0 spiro atoms. The number of nitrogens with zero attached hydrogens (tertiary/aromatic N) is 2. The van der Waals surface area contributed by atoms with Crippen LogP contribution < -0.4 is 5.32 Å². The molecule has 5 nitrogen and oxygen atoms in total. The summed E-state index contributed by atoms with van der Waals surface area (Å²) in [6, 6.07) is 0. The molecule has 0 aliphatic rings. The third-order valence-corrected chi connectivity index (χ3v) is 1.95. The van der Waals surface area contributed by atoms with E-state index in [-0.39, 0.29) is 18.4 Å². The van der Waals surface area contributed by atoms with E-state index in [0.717, 1.165) is 0 Å². The maximum atomic E-state index is 11.2. The van der Waals surface area contributed by atoms with Crippen LogP contribution in [0.4, 0.5) is 0 Å². The van der Waals surface area contributed by atoms with Crippen LogP contribution in [0.2, 0.25) is 0 Å². The molecule has 0 atom stereocenters. The third-order valence-electron chi connectivity index (χ3n) is 1.95. The molecule has 1 aromatic heterocycles. The molecule has 86 valence electrons. The molecule has 0 fully saturated rings. The van der Waals surface area contributed by atoms with Gasteiger partial charge in [-0.15, -0.1) is 6.42 Å². The summed E-state index contributed by atoms with van der Waals surface area (Å²) in [6.45, 7) is 4.21. The first-order valence-electron chi connectivity index (χ1n) is 5.16. The summed E-state index contributed by atoms with van der Waals surface area (Å²) in [6.07, 6.45) is 5.76. The van der Waals surface area contributed by atoms with Crippen molar-refractivity contribution in [2.24, 2.45) is 0 Å². The second-order valence-electron chi connectivity index (χ2n) is 3.68. The fourth-order valence-electron chi connectivity index (χ4n) is 1.06. The summed E-state index contributed by atoms with van der Waals surface area (Å²) >= 11 is 0. The Morgan fingerprint density at radius 1 is 1.62 bits per heavy atom. The first-order chi connectivity index (χ1) is 7.63. The van der Waals surface area contributed by atoms with Gasteiger partial charge < -0.3 is 9.84 Å². The van der Waals surface area contributed by atoms with Crippen LogP contribution in [0.3, 0.4) is 0 Å². The van der Waals surface area contributed by atoms with Crippen LogP contribution in [0.1, 0.15) is 37.9 Å². The van der Waals surface area contributed by atoms with Crippen molar-refractivity contribution in [2.75, 3.05) is 6.54 Å². The average Bonchev–Trinajstić information content (AvgIpc) is 2.72. The first kappa shape index (κ1) is 12.2. The SMILES string of the molecule is C#CCNC(=O)CCc1nc(C(C)C)no1. The number of aromatic nitrogens is 2. The first-order valence-corrected chi connectivity index (χ1v) is 5.16. The summed E-state index contributed by atoms with van der Waals surface area (Å²) in [4.78, 5) is 15.4. The van der Waals surface area contributed by atoms with Gasteiger partial charge in [-0.3, -0.25) is 4.79 Å². The Kier molecular flexibility index (Phi) is 4.52. The Morgan fingerprint density at radius 3 is 2.94 bits per heavy atom. The maximum absolute atomic E-state index is 11.2. The molecule has 0 aliphatic heterocycles. The van der Waals surface area contributed by atoms with E-state index >= 15 is 0 Å². The summed E-state index contributed by atoms with van der Waals surface area (Å²) in [5.74, 6) is 3.60. The van der Waals surface area contributed by atoms with Crippen molar-refractivity contribution >= 4 is 5.91 Å². The Balaban J connectivity index is 2.37. The minimum absolute atomic E-state index is 0.109. The van der Waals surface area contributed by atoms with E-state index in [1.807, 2.05) is 13.8 Å². The molecule has 0 saturated carbocycles. The summed E-state index contributed by atoms with van der Waals surface area (Å²) in [5, 5.41) is 6.37. The molecule has 1 amide bonds. The number of hydrogen-bond acceptors (Lipinski definition) is 4. The molecule has 0 radical (unpaired) electrons. The van der Waals surface area contributed by atoms with Gasteiger partial charge in [0.2, 0.25) is 11.8 Å². The molecular formula is C11H15N3O2. The molecule has 1 aromatic rings. The number of carbonyl (C=O) groups is 1. The van der Waals surface area contributed by atoms with Crippen molar-refractivity contribution in [3.05, 3.63) is 11.7 Å². The van der Waals surface area contributed by atoms with Crippen molar-refractivity contribution in [2.45, 2.75) is 32.6 Å². The van der Waals surface area contributed by atoms with Crippen LogP contribution in [0.25, 0.3) is 0 Å². The highest BCUT2D eigenvalue weighted by Crippen LogP contribution is 2.10. The standard InChI is InChI=1S/C11H15N3O2/c1-4-7-12-9(15)5-6-10-13-11(8(2)3)14-16-10/h1,8H,5-7H2,2-3H3,(H,12,15). The quantitative estimate of drug-likeness (QED) is 0.749. The lowest BCUT2D eigenvalue weighted by molar-refractivity contribution is -0.120. The monoisotopic (exact) mass is 221 g/mol. The number of carbonyl (C=O) groups excluding carboxylic acids is 1. The van der Waals surface area contributed by atoms with Crippen LogP contribution in [0.5, 0.6) is 0 Å². The maximum Gasteiger partial charge on any atom is 0.227 e. The molecule has 1 N–H and O–H groups in total. The topological polar surface area (TPSA) is 68.0 Å². The van der Waals surface area contributed by atoms with Crippen molar-refractivity contribution in [3.8, 4) is 12.3 Å². The normalized spacial score (nSPS) is 10.1. The lowest BCUT2D eigenvalue weighted by atomic mass is 10.2. The summed E-state index contributed by atoms with van der Waals surface area (Å²) < 4.78 is 5.00. The van der Waals surface area contributed by atoms with E-state index in [1.165, 1.54) is 0 Å². The van der Waals surface area contributed by atoms with Gasteiger partial charge in [0.1, 0.15) is 0 Å². The van der Waals surface area contributed by atoms with Crippen molar-refractivity contribution < 1.29 is 9.32 Å². The minimum atomic E-state index is -0.109. The van der Waals surface area contributed by atoms with E-state index in [1.54, 1.807) is 0 Å². The molecule has 16 heavy (non-hydrogen) atoms. The average molecular weight is 221 g/mol. The second-order valence-corrected chi connectivity index (χ2v) is 3.68. The van der Waals surface area contributed by atoms with Gasteiger partial charge in [-0.25, -0.2) is 0 Å². The van der Waals surface area contributed by atoms with Crippen LogP contribution in [0.15, 0.2) is 4.52 Å². The molecule has 0 aromatic carbocycles. The van der Waals surface area contributed by atoms with E-state index in [2.05, 4.69) is 21.4 Å². The van der Waals surface area contributed by atoms with E-state index in [4.69, 9.17) is 10.9 Å². The van der Waals surface area contributed by atoms with Crippen molar-refractivity contribution in [3.63, 3.8) is 0 Å². The molecule has 5 heteroatoms. The smallest absolute Gasteiger partial charge is 0.227 e. The van der Waals surface area contributed by atoms with Gasteiger partial charge in [0.05, 0.1) is 6.54 Å². The van der Waals surface area contributed by atoms with Crippen molar-refractivity contribution in [1.82, 2.24) is 15.5 Å². The van der Waals surface area contributed by atoms with Gasteiger partial charge in [0.15, 0.2) is 5.82 Å². The minimum Gasteiger partial charge on any atom is -0.345 e. The molecule has 1 heterocycles. The van der Waals surface area contributed by atoms with Gasteiger partial charge in [0.25, 0.3) is 0 Å². The Bertz CT molecular complexity index is 390. The number of aryl methyl sites for hydroxylation is 1. The van der Waals surface area contributed by atoms with E-state index in [9.17, 15) is 4.79 Å². The number of amides is 1. The Labute approximate surface area is 94.6 Å². The molecule has 0 aliphatic carbocycles. The molecule has 0 bridgehead atoms. The van der Waals surface area contributed by atoms with Gasteiger partial charge in [-0.05, 0) is 0 Å². The van der Waals surface area contributed by atoms with Gasteiger partial charge in [-0.1, -0.05) is 24.9 Å². The predicted molar refractivity (Wildman–Crippen MR) is 58.6 cm³/mol. The molecule has 1 rings (SSSR count). The van der Waals surface area contributed by atoms with Crippen LogP contribution in [-0.2, 0) is 11.2 Å². The number of nitrogens with one attached hydrogen (secondary N) is 1. The number of terminal acetylenes is 1. The van der Waals surface area contributed by atoms with Crippen LogP contribution >= 0.6 is 0 Å². The highest BCUT2D eigenvalue weighted by Gasteiger charge is 2.10. The zero-order valence-electron chi connectivity index (χ0n) is 9.49. The molecular weight excluding hydrogens is 206 g/mol. The van der Waals surface area contributed by atoms with Gasteiger partial charge >= 0.3 is 0 Å². The Morgan fingerprint density at radius 2 is 2.38 bits per heavy atom. The van der Waals surface area contributed by atoms with E-state index in [0.29, 0.717) is 24.6 Å². The summed E-state index contributed by atoms with van der Waals surface area (Å²) in [7, 11) is 0. The zero-order chi connectivity index (χ0) is 12.0. The predicted octanol–water partition coefficient (Wildman–Crippen LogP) is 0.875. The van der Waals surface area contributed by atoms with Crippen LogP contribution in [0, 0.1) is 12.3 Å². The fraction of sp³-hybridized carbons (Fsp3) is 0.545. The Hall–Kier alpha value is -1.83. The molecule has 0 saturated heterocycles. The van der Waals surface area contributed by atoms with Crippen LogP contribution in [-0.4, -0.2) is 22.6 Å². The number of rotatable bonds is 5.